The van der Waals surface area contributed by atoms with Crippen LogP contribution in [0.5, 0.6) is 0 Å². The number of hydrogen-bond acceptors (Lipinski definition) is 6. The zero-order valence-corrected chi connectivity index (χ0v) is 18.9. The van der Waals surface area contributed by atoms with Gasteiger partial charge in [0, 0.05) is 51.4 Å². The minimum absolute atomic E-state index is 0.492. The molecule has 3 heterocycles. The van der Waals surface area contributed by atoms with Gasteiger partial charge in [-0.2, -0.15) is 0 Å². The van der Waals surface area contributed by atoms with Crippen molar-refractivity contribution in [3.8, 4) is 0 Å². The molecule has 0 bridgehead atoms. The zero-order valence-electron chi connectivity index (χ0n) is 18.1. The minimum Gasteiger partial charge on any atom is -0.381 e. The number of thiophene rings is 1. The normalized spacial score (nSPS) is 15.5. The summed E-state index contributed by atoms with van der Waals surface area (Å²) in [6.45, 7) is 7.44. The third kappa shape index (κ3) is 7.70. The third-order valence-electron chi connectivity index (χ3n) is 5.26. The highest BCUT2D eigenvalue weighted by molar-refractivity contribution is 7.09. The Morgan fingerprint density at radius 2 is 2.13 bits per heavy atom. The Kier molecular flexibility index (Phi) is 9.59. The molecular weight excluding hydrogens is 400 g/mol. The lowest BCUT2D eigenvalue weighted by molar-refractivity contribution is 0.0203. The molecule has 0 atom stereocenters. The average Bonchev–Trinajstić information content (AvgIpc) is 3.39. The molecule has 0 aliphatic carbocycles. The zero-order chi connectivity index (χ0) is 21.0. The second-order valence-electron chi connectivity index (χ2n) is 7.55. The minimum atomic E-state index is 0.492. The molecule has 1 saturated heterocycles. The molecule has 30 heavy (non-hydrogen) atoms. The lowest BCUT2D eigenvalue weighted by atomic mass is 10.0. The molecule has 0 saturated carbocycles. The van der Waals surface area contributed by atoms with Crippen molar-refractivity contribution in [3.63, 3.8) is 0 Å². The van der Waals surface area contributed by atoms with Crippen LogP contribution >= 0.6 is 11.3 Å². The van der Waals surface area contributed by atoms with E-state index in [1.165, 1.54) is 4.88 Å². The molecule has 0 unspecified atom stereocenters. The Balaban J connectivity index is 1.40. The van der Waals surface area contributed by atoms with Crippen molar-refractivity contribution in [1.29, 1.82) is 0 Å². The van der Waals surface area contributed by atoms with E-state index in [4.69, 9.17) is 14.5 Å². The van der Waals surface area contributed by atoms with Crippen LogP contribution in [0.1, 0.15) is 35.8 Å². The number of hydrogen-bond donors (Lipinski definition) is 2. The van der Waals surface area contributed by atoms with Crippen molar-refractivity contribution in [3.05, 3.63) is 34.0 Å². The maximum absolute atomic E-state index is 5.86. The number of aromatic nitrogens is 3. The fourth-order valence-corrected chi connectivity index (χ4v) is 3.92. The molecular formula is C21H34N6O2S. The molecule has 1 fully saturated rings. The Labute approximate surface area is 183 Å². The molecule has 1 aliphatic rings. The first-order chi connectivity index (χ1) is 14.7. The molecule has 0 amide bonds. The van der Waals surface area contributed by atoms with Crippen LogP contribution in [0.3, 0.4) is 0 Å². The van der Waals surface area contributed by atoms with Crippen LogP contribution in [-0.2, 0) is 29.5 Å². The number of nitrogens with one attached hydrogen (secondary N) is 2. The van der Waals surface area contributed by atoms with E-state index in [2.05, 4.69) is 38.3 Å². The van der Waals surface area contributed by atoms with Crippen molar-refractivity contribution < 1.29 is 9.47 Å². The molecule has 3 rings (SSSR count). The van der Waals surface area contributed by atoms with Crippen LogP contribution in [0, 0.1) is 12.8 Å². The smallest absolute Gasteiger partial charge is 0.191 e. The Hall–Kier alpha value is -1.97. The highest BCUT2D eigenvalue weighted by atomic mass is 32.1. The third-order valence-corrected chi connectivity index (χ3v) is 6.19. The molecule has 0 spiro atoms. The highest BCUT2D eigenvalue weighted by Crippen LogP contribution is 2.14. The summed E-state index contributed by atoms with van der Waals surface area (Å²) < 4.78 is 13.2. The lowest BCUT2D eigenvalue weighted by Gasteiger charge is -2.21. The summed E-state index contributed by atoms with van der Waals surface area (Å²) in [7, 11) is 1.97. The summed E-state index contributed by atoms with van der Waals surface area (Å²) >= 11 is 1.78. The molecule has 166 valence electrons. The summed E-state index contributed by atoms with van der Waals surface area (Å²) in [6, 6.07) is 4.25. The Bertz CT molecular complexity index is 756. The molecule has 9 heteroatoms. The molecule has 8 nitrogen and oxygen atoms in total. The van der Waals surface area contributed by atoms with E-state index in [1.54, 1.807) is 11.3 Å². The van der Waals surface area contributed by atoms with Crippen LogP contribution in [0.25, 0.3) is 0 Å². The van der Waals surface area contributed by atoms with Gasteiger partial charge in [-0.25, -0.2) is 4.99 Å². The van der Waals surface area contributed by atoms with Gasteiger partial charge < -0.3 is 24.7 Å². The topological polar surface area (TPSA) is 85.6 Å². The maximum Gasteiger partial charge on any atom is 0.191 e. The fourth-order valence-electron chi connectivity index (χ4n) is 3.22. The monoisotopic (exact) mass is 434 g/mol. The average molecular weight is 435 g/mol. The van der Waals surface area contributed by atoms with Crippen molar-refractivity contribution >= 4 is 17.3 Å². The van der Waals surface area contributed by atoms with Gasteiger partial charge >= 0.3 is 0 Å². The standard InChI is InChI=1S/C21H34N6O2S/c1-17-25-26-20(27(17)2)15-24-21(23-10-6-19-5-3-14-30-19)22-9-4-11-29-16-18-7-12-28-13-8-18/h3,5,14,18H,4,6-13,15-16H2,1-2H3,(H2,22,23,24). The van der Waals surface area contributed by atoms with E-state index in [9.17, 15) is 0 Å². The molecule has 1 aliphatic heterocycles. The van der Waals surface area contributed by atoms with Crippen LogP contribution in [0.2, 0.25) is 0 Å². The van der Waals surface area contributed by atoms with E-state index < -0.39 is 0 Å². The van der Waals surface area contributed by atoms with E-state index >= 15 is 0 Å². The van der Waals surface area contributed by atoms with Crippen molar-refractivity contribution in [1.82, 2.24) is 25.4 Å². The Morgan fingerprint density at radius 3 is 2.87 bits per heavy atom. The number of nitrogens with zero attached hydrogens (tertiary/aromatic N) is 4. The number of rotatable bonds is 11. The lowest BCUT2D eigenvalue weighted by Crippen LogP contribution is -2.39. The van der Waals surface area contributed by atoms with Gasteiger partial charge in [-0.05, 0) is 50.0 Å². The summed E-state index contributed by atoms with van der Waals surface area (Å²) in [5, 5.41) is 17.3. The Morgan fingerprint density at radius 1 is 1.30 bits per heavy atom. The largest absolute Gasteiger partial charge is 0.381 e. The van der Waals surface area contributed by atoms with Crippen LogP contribution in [0.15, 0.2) is 22.5 Å². The predicted octanol–water partition coefficient (Wildman–Crippen LogP) is 2.30. The first-order valence-electron chi connectivity index (χ1n) is 10.8. The number of aryl methyl sites for hydroxylation is 1. The number of ether oxygens (including phenoxy) is 2. The second-order valence-corrected chi connectivity index (χ2v) is 8.59. The first kappa shape index (κ1) is 22.7. The van der Waals surface area contributed by atoms with Gasteiger partial charge in [0.2, 0.25) is 0 Å². The van der Waals surface area contributed by atoms with Gasteiger partial charge in [0.25, 0.3) is 0 Å². The summed E-state index contributed by atoms with van der Waals surface area (Å²) in [5.74, 6) is 3.20. The summed E-state index contributed by atoms with van der Waals surface area (Å²) in [5.41, 5.74) is 0. The van der Waals surface area contributed by atoms with Gasteiger partial charge in [0.05, 0.1) is 0 Å². The molecule has 2 N–H and O–H groups in total. The van der Waals surface area contributed by atoms with Gasteiger partial charge in [-0.3, -0.25) is 0 Å². The number of aliphatic imine (C=N–C) groups is 1. The SMILES string of the molecule is Cc1nnc(CN=C(NCCCOCC2CCOCC2)NCCc2cccs2)n1C. The van der Waals surface area contributed by atoms with E-state index in [0.717, 1.165) is 82.8 Å². The molecule has 0 radical (unpaired) electrons. The van der Waals surface area contributed by atoms with Crippen LogP contribution in [-0.4, -0.2) is 60.2 Å². The maximum atomic E-state index is 5.86. The molecule has 2 aromatic heterocycles. The van der Waals surface area contributed by atoms with Crippen molar-refractivity contribution in [2.45, 2.75) is 39.2 Å². The van der Waals surface area contributed by atoms with E-state index in [1.807, 2.05) is 18.5 Å². The van der Waals surface area contributed by atoms with Gasteiger partial charge in [-0.1, -0.05) is 6.07 Å². The van der Waals surface area contributed by atoms with Gasteiger partial charge in [-0.15, -0.1) is 21.5 Å². The quantitative estimate of drug-likeness (QED) is 0.321. The molecule has 0 aromatic carbocycles. The van der Waals surface area contributed by atoms with Crippen LogP contribution < -0.4 is 10.6 Å². The summed E-state index contributed by atoms with van der Waals surface area (Å²) in [4.78, 5) is 6.07. The van der Waals surface area contributed by atoms with E-state index in [0.29, 0.717) is 12.5 Å². The fraction of sp³-hybridized carbons (Fsp3) is 0.667. The highest BCUT2D eigenvalue weighted by Gasteiger charge is 2.13. The number of guanidine groups is 1. The van der Waals surface area contributed by atoms with Crippen molar-refractivity contribution in [2.75, 3.05) is 39.5 Å². The van der Waals surface area contributed by atoms with Gasteiger partial charge in [0.1, 0.15) is 12.4 Å². The molecule has 2 aromatic rings. The van der Waals surface area contributed by atoms with Gasteiger partial charge in [0.15, 0.2) is 11.8 Å². The summed E-state index contributed by atoms with van der Waals surface area (Å²) in [6.07, 6.45) is 4.16. The van der Waals surface area contributed by atoms with E-state index in [-0.39, 0.29) is 0 Å². The first-order valence-corrected chi connectivity index (χ1v) is 11.6. The predicted molar refractivity (Wildman–Crippen MR) is 120 cm³/mol. The van der Waals surface area contributed by atoms with Crippen molar-refractivity contribution in [2.24, 2.45) is 18.0 Å². The van der Waals surface area contributed by atoms with Crippen LogP contribution in [0.4, 0.5) is 0 Å². The second kappa shape index (κ2) is 12.7.